The zero-order valence-corrected chi connectivity index (χ0v) is 15.3. The molecule has 1 saturated carbocycles. The van der Waals surface area contributed by atoms with Crippen LogP contribution in [-0.4, -0.2) is 59.6 Å². The van der Waals surface area contributed by atoms with E-state index in [1.54, 1.807) is 0 Å². The molecule has 0 radical (unpaired) electrons. The van der Waals surface area contributed by atoms with Crippen LogP contribution in [-0.2, 0) is 11.3 Å². The van der Waals surface area contributed by atoms with Crippen molar-refractivity contribution in [2.45, 2.75) is 50.9 Å². The number of nitrogens with zero attached hydrogens (tertiary/aromatic N) is 1. The Labute approximate surface area is 155 Å². The van der Waals surface area contributed by atoms with E-state index in [0.717, 1.165) is 38.0 Å². The highest BCUT2D eigenvalue weighted by molar-refractivity contribution is 5.67. The minimum Gasteiger partial charge on any atom is -0.445 e. The number of carbonyl (C=O) groups is 1. The maximum atomic E-state index is 11.9. The molecule has 2 atom stereocenters. The van der Waals surface area contributed by atoms with Gasteiger partial charge in [0.15, 0.2) is 0 Å². The highest BCUT2D eigenvalue weighted by atomic mass is 16.5. The zero-order chi connectivity index (χ0) is 18.4. The molecule has 2 fully saturated rings. The van der Waals surface area contributed by atoms with Crippen LogP contribution >= 0.6 is 0 Å². The lowest BCUT2D eigenvalue weighted by Gasteiger charge is -2.36. The average Bonchev–Trinajstić information content (AvgIpc) is 3.44. The number of nitrogens with one attached hydrogen (secondary N) is 1. The van der Waals surface area contributed by atoms with Gasteiger partial charge in [-0.15, -0.1) is 0 Å². The van der Waals surface area contributed by atoms with E-state index in [1.807, 2.05) is 30.3 Å². The van der Waals surface area contributed by atoms with Crippen molar-refractivity contribution in [3.63, 3.8) is 0 Å². The van der Waals surface area contributed by atoms with Crippen LogP contribution in [0.3, 0.4) is 0 Å². The number of alkyl carbamates (subject to hydrolysis) is 1. The minimum absolute atomic E-state index is 0.105. The highest BCUT2D eigenvalue weighted by Crippen LogP contribution is 2.53. The van der Waals surface area contributed by atoms with Crippen LogP contribution in [0.15, 0.2) is 30.3 Å². The Bertz CT molecular complexity index is 576. The van der Waals surface area contributed by atoms with Gasteiger partial charge < -0.3 is 25.2 Å². The van der Waals surface area contributed by atoms with E-state index in [9.17, 15) is 15.0 Å². The standard InChI is InChI=1S/C20H30N2O4/c23-14-17(21-19(25)26-15-16-5-2-1-3-6-16)7-4-11-22-12-10-20(8-9-20)18(24)13-22/h1-3,5-6,17-18,23-24H,4,7-15H2,(H,21,25). The summed E-state index contributed by atoms with van der Waals surface area (Å²) in [5.74, 6) is 0. The van der Waals surface area contributed by atoms with Crippen molar-refractivity contribution in [3.8, 4) is 0 Å². The quantitative estimate of drug-likeness (QED) is 0.658. The van der Waals surface area contributed by atoms with Crippen LogP contribution in [0.5, 0.6) is 0 Å². The van der Waals surface area contributed by atoms with E-state index in [2.05, 4.69) is 10.2 Å². The van der Waals surface area contributed by atoms with Crippen molar-refractivity contribution in [1.82, 2.24) is 10.2 Å². The summed E-state index contributed by atoms with van der Waals surface area (Å²) in [6, 6.07) is 9.20. The molecule has 6 nitrogen and oxygen atoms in total. The molecule has 1 saturated heterocycles. The zero-order valence-electron chi connectivity index (χ0n) is 15.3. The third-order valence-corrected chi connectivity index (χ3v) is 5.74. The summed E-state index contributed by atoms with van der Waals surface area (Å²) in [5.41, 5.74) is 1.16. The molecule has 0 aromatic heterocycles. The Balaban J connectivity index is 1.32. The molecule has 2 unspecified atom stereocenters. The second-order valence-corrected chi connectivity index (χ2v) is 7.66. The number of amides is 1. The molecule has 26 heavy (non-hydrogen) atoms. The maximum Gasteiger partial charge on any atom is 0.407 e. The summed E-state index contributed by atoms with van der Waals surface area (Å²) in [6.45, 7) is 2.78. The molecule has 1 amide bonds. The Kier molecular flexibility index (Phi) is 6.51. The van der Waals surface area contributed by atoms with Crippen LogP contribution < -0.4 is 5.32 Å². The summed E-state index contributed by atoms with van der Waals surface area (Å²) in [6.07, 6.45) is 4.28. The normalized spacial score (nSPS) is 22.8. The van der Waals surface area contributed by atoms with Crippen LogP contribution in [0.4, 0.5) is 4.79 Å². The van der Waals surface area contributed by atoms with Gasteiger partial charge in [-0.25, -0.2) is 4.79 Å². The van der Waals surface area contributed by atoms with E-state index in [-0.39, 0.29) is 30.8 Å². The second-order valence-electron chi connectivity index (χ2n) is 7.66. The molecule has 1 aromatic rings. The Morgan fingerprint density at radius 1 is 1.31 bits per heavy atom. The van der Waals surface area contributed by atoms with E-state index >= 15 is 0 Å². The highest BCUT2D eigenvalue weighted by Gasteiger charge is 2.50. The van der Waals surface area contributed by atoms with Crippen molar-refractivity contribution in [3.05, 3.63) is 35.9 Å². The first-order valence-electron chi connectivity index (χ1n) is 9.60. The lowest BCUT2D eigenvalue weighted by molar-refractivity contribution is 0.00773. The van der Waals surface area contributed by atoms with Crippen LogP contribution in [0.25, 0.3) is 0 Å². The molecule has 0 bridgehead atoms. The van der Waals surface area contributed by atoms with E-state index in [0.29, 0.717) is 6.42 Å². The third-order valence-electron chi connectivity index (χ3n) is 5.74. The van der Waals surface area contributed by atoms with Gasteiger partial charge in [0.2, 0.25) is 0 Å². The molecule has 6 heteroatoms. The van der Waals surface area contributed by atoms with E-state index in [4.69, 9.17) is 4.74 Å². The number of carbonyl (C=O) groups excluding carboxylic acids is 1. The average molecular weight is 362 g/mol. The smallest absolute Gasteiger partial charge is 0.407 e. The number of likely N-dealkylation sites (tertiary alicyclic amines) is 1. The fourth-order valence-electron chi connectivity index (χ4n) is 3.73. The van der Waals surface area contributed by atoms with Gasteiger partial charge in [-0.3, -0.25) is 0 Å². The molecule has 2 aliphatic rings. The minimum atomic E-state index is -0.503. The van der Waals surface area contributed by atoms with Crippen molar-refractivity contribution >= 4 is 6.09 Å². The Morgan fingerprint density at radius 3 is 2.73 bits per heavy atom. The first kappa shape index (κ1) is 19.1. The predicted molar refractivity (Wildman–Crippen MR) is 98.6 cm³/mol. The summed E-state index contributed by atoms with van der Waals surface area (Å²) in [7, 11) is 0. The number of β-amino-alcohol motifs (C(OH)–C–C–N with tert-alkyl or cyclic N) is 1. The molecular weight excluding hydrogens is 332 g/mol. The molecule has 1 heterocycles. The number of hydrogen-bond donors (Lipinski definition) is 3. The molecule has 3 N–H and O–H groups in total. The fraction of sp³-hybridized carbons (Fsp3) is 0.650. The first-order chi connectivity index (χ1) is 12.6. The van der Waals surface area contributed by atoms with Crippen LogP contribution in [0.1, 0.15) is 37.7 Å². The fourth-order valence-corrected chi connectivity index (χ4v) is 3.73. The monoisotopic (exact) mass is 362 g/mol. The molecule has 3 rings (SSSR count). The number of ether oxygens (including phenoxy) is 1. The van der Waals surface area contributed by atoms with Gasteiger partial charge in [0.1, 0.15) is 6.61 Å². The lowest BCUT2D eigenvalue weighted by atomic mass is 9.90. The summed E-state index contributed by atoms with van der Waals surface area (Å²) in [5, 5.41) is 22.5. The van der Waals surface area contributed by atoms with Crippen molar-refractivity contribution < 1.29 is 19.7 Å². The largest absolute Gasteiger partial charge is 0.445 e. The summed E-state index contributed by atoms with van der Waals surface area (Å²) in [4.78, 5) is 14.2. The number of hydrogen-bond acceptors (Lipinski definition) is 5. The molecule has 1 aromatic carbocycles. The molecular formula is C20H30N2O4. The van der Waals surface area contributed by atoms with Gasteiger partial charge in [-0.05, 0) is 56.2 Å². The van der Waals surface area contributed by atoms with Crippen molar-refractivity contribution in [2.24, 2.45) is 5.41 Å². The van der Waals surface area contributed by atoms with Crippen LogP contribution in [0, 0.1) is 5.41 Å². The van der Waals surface area contributed by atoms with Gasteiger partial charge in [0, 0.05) is 6.54 Å². The Morgan fingerprint density at radius 2 is 2.08 bits per heavy atom. The molecule has 144 valence electrons. The lowest BCUT2D eigenvalue weighted by Crippen LogP contribution is -2.45. The molecule has 1 spiro atoms. The number of aliphatic hydroxyl groups excluding tert-OH is 2. The molecule has 1 aliphatic carbocycles. The topological polar surface area (TPSA) is 82.0 Å². The number of piperidine rings is 1. The van der Waals surface area contributed by atoms with Gasteiger partial charge in [-0.2, -0.15) is 0 Å². The van der Waals surface area contributed by atoms with Gasteiger partial charge in [0.05, 0.1) is 18.8 Å². The maximum absolute atomic E-state index is 11.9. The molecule has 1 aliphatic heterocycles. The van der Waals surface area contributed by atoms with Crippen molar-refractivity contribution in [1.29, 1.82) is 0 Å². The van der Waals surface area contributed by atoms with Gasteiger partial charge in [0.25, 0.3) is 0 Å². The Hall–Kier alpha value is -1.63. The van der Waals surface area contributed by atoms with E-state index in [1.165, 1.54) is 12.8 Å². The second kappa shape index (κ2) is 8.84. The van der Waals surface area contributed by atoms with E-state index < -0.39 is 6.09 Å². The SMILES string of the molecule is O=C(NC(CO)CCCN1CCC2(CC2)C(O)C1)OCc1ccccc1. The first-order valence-corrected chi connectivity index (χ1v) is 9.60. The summed E-state index contributed by atoms with van der Waals surface area (Å²) >= 11 is 0. The van der Waals surface area contributed by atoms with Crippen LogP contribution in [0.2, 0.25) is 0 Å². The predicted octanol–water partition coefficient (Wildman–Crippen LogP) is 1.90. The number of benzene rings is 1. The van der Waals surface area contributed by atoms with Crippen molar-refractivity contribution in [2.75, 3.05) is 26.2 Å². The number of aliphatic hydroxyl groups is 2. The van der Waals surface area contributed by atoms with Gasteiger partial charge in [-0.1, -0.05) is 30.3 Å². The summed E-state index contributed by atoms with van der Waals surface area (Å²) < 4.78 is 5.20. The number of rotatable bonds is 8. The third kappa shape index (κ3) is 5.19. The van der Waals surface area contributed by atoms with Gasteiger partial charge >= 0.3 is 6.09 Å².